The van der Waals surface area contributed by atoms with Crippen LogP contribution in [0.3, 0.4) is 0 Å². The molecular formula is C13H14N4O. The van der Waals surface area contributed by atoms with E-state index in [1.807, 2.05) is 38.4 Å². The fraction of sp³-hybridized carbons (Fsp3) is 0.231. The van der Waals surface area contributed by atoms with Gasteiger partial charge < -0.3 is 10.2 Å². The summed E-state index contributed by atoms with van der Waals surface area (Å²) in [7, 11) is 1.85. The van der Waals surface area contributed by atoms with E-state index in [1.54, 1.807) is 10.9 Å². The van der Waals surface area contributed by atoms with Gasteiger partial charge in [0, 0.05) is 18.8 Å². The van der Waals surface area contributed by atoms with Crippen LogP contribution >= 0.6 is 0 Å². The summed E-state index contributed by atoms with van der Waals surface area (Å²) in [6.07, 6.45) is 3.59. The lowest BCUT2D eigenvalue weighted by molar-refractivity contribution is 0.504. The molecule has 2 N–H and O–H groups in total. The number of rotatable bonds is 2. The van der Waals surface area contributed by atoms with Gasteiger partial charge in [0.25, 0.3) is 0 Å². The second kappa shape index (κ2) is 3.96. The number of aryl methyl sites for hydroxylation is 2. The van der Waals surface area contributed by atoms with Gasteiger partial charge in [-0.15, -0.1) is 0 Å². The molecule has 0 amide bonds. The van der Waals surface area contributed by atoms with E-state index in [1.165, 1.54) is 0 Å². The Bertz CT molecular complexity index is 698. The van der Waals surface area contributed by atoms with Crippen molar-refractivity contribution in [3.8, 4) is 0 Å². The van der Waals surface area contributed by atoms with Crippen molar-refractivity contribution in [2.24, 2.45) is 12.8 Å². The van der Waals surface area contributed by atoms with Gasteiger partial charge in [0.15, 0.2) is 5.58 Å². The Hall–Kier alpha value is -2.14. The van der Waals surface area contributed by atoms with Crippen LogP contribution in [0.15, 0.2) is 35.0 Å². The summed E-state index contributed by atoms with van der Waals surface area (Å²) in [6.45, 7) is 2.02. The van der Waals surface area contributed by atoms with Crippen LogP contribution in [0, 0.1) is 6.92 Å². The van der Waals surface area contributed by atoms with Crippen LogP contribution in [-0.2, 0) is 7.05 Å². The fourth-order valence-corrected chi connectivity index (χ4v) is 1.93. The first-order valence-corrected chi connectivity index (χ1v) is 5.75. The molecule has 18 heavy (non-hydrogen) atoms. The number of oxazole rings is 1. The van der Waals surface area contributed by atoms with Crippen molar-refractivity contribution in [1.29, 1.82) is 0 Å². The third-order valence-corrected chi connectivity index (χ3v) is 2.91. The minimum absolute atomic E-state index is 0.383. The van der Waals surface area contributed by atoms with Crippen molar-refractivity contribution in [3.63, 3.8) is 0 Å². The molecule has 0 aliphatic carbocycles. The smallest absolute Gasteiger partial charge is 0.217 e. The van der Waals surface area contributed by atoms with E-state index in [0.717, 1.165) is 22.2 Å². The zero-order valence-corrected chi connectivity index (χ0v) is 10.3. The first kappa shape index (κ1) is 11.0. The minimum Gasteiger partial charge on any atom is -0.439 e. The summed E-state index contributed by atoms with van der Waals surface area (Å²) in [4.78, 5) is 4.41. The Labute approximate surface area is 104 Å². The van der Waals surface area contributed by atoms with Gasteiger partial charge in [-0.3, -0.25) is 4.68 Å². The van der Waals surface area contributed by atoms with Crippen LogP contribution in [-0.4, -0.2) is 14.8 Å². The van der Waals surface area contributed by atoms with Gasteiger partial charge >= 0.3 is 0 Å². The number of hydrogen-bond acceptors (Lipinski definition) is 4. The zero-order chi connectivity index (χ0) is 12.7. The van der Waals surface area contributed by atoms with Crippen molar-refractivity contribution in [2.45, 2.75) is 13.0 Å². The maximum atomic E-state index is 6.12. The summed E-state index contributed by atoms with van der Waals surface area (Å²) in [6, 6.07) is 5.52. The molecule has 2 aromatic heterocycles. The molecule has 0 bridgehead atoms. The average Bonchev–Trinajstić information content (AvgIpc) is 2.93. The van der Waals surface area contributed by atoms with Gasteiger partial charge in [0.05, 0.1) is 6.20 Å². The van der Waals surface area contributed by atoms with Gasteiger partial charge in [0.2, 0.25) is 5.89 Å². The molecule has 0 saturated carbocycles. The molecule has 0 aliphatic heterocycles. The Kier molecular flexibility index (Phi) is 2.41. The Balaban J connectivity index is 2.03. The summed E-state index contributed by atoms with van der Waals surface area (Å²) in [5, 5.41) is 4.10. The van der Waals surface area contributed by atoms with E-state index in [-0.39, 0.29) is 6.04 Å². The highest BCUT2D eigenvalue weighted by atomic mass is 16.3. The van der Waals surface area contributed by atoms with Crippen molar-refractivity contribution in [3.05, 3.63) is 47.6 Å². The third-order valence-electron chi connectivity index (χ3n) is 2.91. The van der Waals surface area contributed by atoms with Crippen molar-refractivity contribution in [2.75, 3.05) is 0 Å². The topological polar surface area (TPSA) is 69.9 Å². The number of hydrogen-bond donors (Lipinski definition) is 1. The highest BCUT2D eigenvalue weighted by Crippen LogP contribution is 2.23. The molecule has 0 saturated heterocycles. The number of benzene rings is 1. The number of fused-ring (bicyclic) bond motifs is 1. The fourth-order valence-electron chi connectivity index (χ4n) is 1.93. The summed E-state index contributed by atoms with van der Waals surface area (Å²) >= 11 is 0. The van der Waals surface area contributed by atoms with Crippen LogP contribution in [0.25, 0.3) is 11.1 Å². The van der Waals surface area contributed by atoms with Crippen LogP contribution in [0.5, 0.6) is 0 Å². The Morgan fingerprint density at radius 3 is 2.94 bits per heavy atom. The predicted molar refractivity (Wildman–Crippen MR) is 68.0 cm³/mol. The Morgan fingerprint density at radius 1 is 1.39 bits per heavy atom. The van der Waals surface area contributed by atoms with Gasteiger partial charge in [-0.05, 0) is 24.6 Å². The molecule has 1 unspecified atom stereocenters. The molecule has 92 valence electrons. The first-order chi connectivity index (χ1) is 8.63. The minimum atomic E-state index is -0.383. The quantitative estimate of drug-likeness (QED) is 0.745. The maximum Gasteiger partial charge on any atom is 0.217 e. The lowest BCUT2D eigenvalue weighted by Gasteiger charge is -2.02. The van der Waals surface area contributed by atoms with E-state index < -0.39 is 0 Å². The molecule has 0 fully saturated rings. The summed E-state index contributed by atoms with van der Waals surface area (Å²) in [5.41, 5.74) is 9.75. The molecule has 1 atom stereocenters. The molecule has 1 aromatic carbocycles. The largest absolute Gasteiger partial charge is 0.439 e. The molecule has 2 heterocycles. The van der Waals surface area contributed by atoms with Crippen LogP contribution in [0.1, 0.15) is 23.1 Å². The lowest BCUT2D eigenvalue weighted by atomic mass is 10.2. The summed E-state index contributed by atoms with van der Waals surface area (Å²) < 4.78 is 7.41. The van der Waals surface area contributed by atoms with E-state index in [4.69, 9.17) is 10.2 Å². The second-order valence-corrected chi connectivity index (χ2v) is 4.45. The molecule has 0 radical (unpaired) electrons. The van der Waals surface area contributed by atoms with E-state index in [0.29, 0.717) is 5.89 Å². The number of nitrogens with zero attached hydrogens (tertiary/aromatic N) is 3. The monoisotopic (exact) mass is 242 g/mol. The molecule has 3 rings (SSSR count). The average molecular weight is 242 g/mol. The highest BCUT2D eigenvalue weighted by molar-refractivity contribution is 5.73. The summed E-state index contributed by atoms with van der Waals surface area (Å²) in [5.74, 6) is 0.517. The van der Waals surface area contributed by atoms with Crippen molar-refractivity contribution >= 4 is 11.1 Å². The molecule has 0 aliphatic rings. The standard InChI is InChI=1S/C13H14N4O/c1-8-3-4-10-11(5-8)18-13(16-10)12(14)9-6-15-17(2)7-9/h3-7,12H,14H2,1-2H3. The van der Waals surface area contributed by atoms with Gasteiger partial charge in [0.1, 0.15) is 11.6 Å². The molecular weight excluding hydrogens is 228 g/mol. The van der Waals surface area contributed by atoms with Crippen LogP contribution in [0.4, 0.5) is 0 Å². The second-order valence-electron chi connectivity index (χ2n) is 4.45. The molecule has 5 nitrogen and oxygen atoms in total. The van der Waals surface area contributed by atoms with Crippen molar-refractivity contribution in [1.82, 2.24) is 14.8 Å². The van der Waals surface area contributed by atoms with Crippen molar-refractivity contribution < 1.29 is 4.42 Å². The lowest BCUT2D eigenvalue weighted by Crippen LogP contribution is -2.11. The number of nitrogens with two attached hydrogens (primary N) is 1. The third kappa shape index (κ3) is 1.78. The first-order valence-electron chi connectivity index (χ1n) is 5.75. The van der Waals surface area contributed by atoms with Crippen LogP contribution in [0.2, 0.25) is 0 Å². The van der Waals surface area contributed by atoms with Crippen LogP contribution < -0.4 is 5.73 Å². The van der Waals surface area contributed by atoms with E-state index >= 15 is 0 Å². The maximum absolute atomic E-state index is 6.12. The van der Waals surface area contributed by atoms with Gasteiger partial charge in [-0.2, -0.15) is 5.10 Å². The number of aromatic nitrogens is 3. The molecule has 3 aromatic rings. The Morgan fingerprint density at radius 2 is 2.22 bits per heavy atom. The predicted octanol–water partition coefficient (Wildman–Crippen LogP) is 1.92. The highest BCUT2D eigenvalue weighted by Gasteiger charge is 2.17. The van der Waals surface area contributed by atoms with Gasteiger partial charge in [-0.25, -0.2) is 4.98 Å². The van der Waals surface area contributed by atoms with E-state index in [2.05, 4.69) is 10.1 Å². The molecule has 0 spiro atoms. The van der Waals surface area contributed by atoms with Gasteiger partial charge in [-0.1, -0.05) is 6.07 Å². The SMILES string of the molecule is Cc1ccc2nc(C(N)c3cnn(C)c3)oc2c1. The molecule has 5 heteroatoms. The normalized spacial score (nSPS) is 13.1. The zero-order valence-electron chi connectivity index (χ0n) is 10.3. The van der Waals surface area contributed by atoms with E-state index in [9.17, 15) is 0 Å².